The highest BCUT2D eigenvalue weighted by atomic mass is 28.4. The van der Waals surface area contributed by atoms with Gasteiger partial charge in [-0.2, -0.15) is 5.26 Å². The Morgan fingerprint density at radius 2 is 1.73 bits per heavy atom. The van der Waals surface area contributed by atoms with Crippen LogP contribution in [0, 0.1) is 11.3 Å². The minimum Gasteiger partial charge on any atom is -0.544 e. The van der Waals surface area contributed by atoms with E-state index in [0.29, 0.717) is 5.56 Å². The second kappa shape index (κ2) is 6.37. The van der Waals surface area contributed by atoms with Gasteiger partial charge in [0.05, 0.1) is 11.1 Å². The van der Waals surface area contributed by atoms with Crippen LogP contribution in [0.15, 0.2) is 29.8 Å². The van der Waals surface area contributed by atoms with E-state index in [1.807, 2.05) is 6.07 Å². The fraction of sp³-hybridized carbons (Fsp3) is 0.412. The lowest BCUT2D eigenvalue weighted by Gasteiger charge is -2.36. The molecule has 1 aromatic carbocycles. The summed E-state index contributed by atoms with van der Waals surface area (Å²) < 4.78 is 6.17. The van der Waals surface area contributed by atoms with E-state index in [2.05, 4.69) is 33.9 Å². The summed E-state index contributed by atoms with van der Waals surface area (Å²) in [4.78, 5) is 11.0. The molecule has 0 aliphatic carbocycles. The van der Waals surface area contributed by atoms with Crippen molar-refractivity contribution in [2.24, 2.45) is 0 Å². The zero-order valence-corrected chi connectivity index (χ0v) is 15.0. The molecule has 22 heavy (non-hydrogen) atoms. The molecule has 5 heteroatoms. The zero-order valence-electron chi connectivity index (χ0n) is 14.0. The molecule has 0 radical (unpaired) electrons. The van der Waals surface area contributed by atoms with Crippen LogP contribution in [0.5, 0.6) is 5.75 Å². The summed E-state index contributed by atoms with van der Waals surface area (Å²) in [6.07, 6.45) is 0. The highest BCUT2D eigenvalue weighted by Crippen LogP contribution is 2.37. The Morgan fingerprint density at radius 3 is 2.09 bits per heavy atom. The van der Waals surface area contributed by atoms with Crippen molar-refractivity contribution in [2.75, 3.05) is 0 Å². The maximum atomic E-state index is 11.0. The van der Waals surface area contributed by atoms with Crippen molar-refractivity contribution < 1.29 is 14.3 Å². The summed E-state index contributed by atoms with van der Waals surface area (Å²) in [6, 6.07) is 9.01. The first-order chi connectivity index (χ1) is 9.99. The van der Waals surface area contributed by atoms with Crippen molar-refractivity contribution in [3.8, 4) is 11.8 Å². The summed E-state index contributed by atoms with van der Waals surface area (Å²) >= 11 is 0. The standard InChI is InChI=1S/C17H23NO3Si/c1-12(16(19)20)15(11-18)13-7-9-14(10-8-13)21-22(5,6)17(2,3)4/h7-10H,1-6H3,(H,19,20)/b15-12-. The number of carbonyl (C=O) groups is 1. The average Bonchev–Trinajstić information content (AvgIpc) is 2.39. The Balaban J connectivity index is 3.10. The minimum atomic E-state index is -1.91. The molecule has 0 spiro atoms. The molecule has 0 aromatic heterocycles. The Kier molecular flexibility index (Phi) is 5.20. The predicted molar refractivity (Wildman–Crippen MR) is 90.1 cm³/mol. The van der Waals surface area contributed by atoms with E-state index in [1.165, 1.54) is 6.92 Å². The lowest BCUT2D eigenvalue weighted by molar-refractivity contribution is -0.132. The normalized spacial score (nSPS) is 13.1. The van der Waals surface area contributed by atoms with Crippen LogP contribution in [0.25, 0.3) is 5.57 Å². The number of nitrogens with zero attached hydrogens (tertiary/aromatic N) is 1. The molecule has 0 unspecified atom stereocenters. The van der Waals surface area contributed by atoms with Crippen LogP contribution >= 0.6 is 0 Å². The molecule has 0 atom stereocenters. The fourth-order valence-electron chi connectivity index (χ4n) is 1.61. The molecule has 0 fully saturated rings. The third-order valence-corrected chi connectivity index (χ3v) is 8.49. The highest BCUT2D eigenvalue weighted by molar-refractivity contribution is 6.74. The van der Waals surface area contributed by atoms with E-state index in [9.17, 15) is 4.79 Å². The molecule has 1 rings (SSSR count). The van der Waals surface area contributed by atoms with Gasteiger partial charge in [-0.1, -0.05) is 32.9 Å². The van der Waals surface area contributed by atoms with Gasteiger partial charge in [0.25, 0.3) is 0 Å². The number of allylic oxidation sites excluding steroid dienone is 1. The molecule has 0 aliphatic heterocycles. The molecule has 4 nitrogen and oxygen atoms in total. The van der Waals surface area contributed by atoms with Crippen molar-refractivity contribution in [2.45, 2.75) is 45.8 Å². The number of hydrogen-bond acceptors (Lipinski definition) is 3. The lowest BCUT2D eigenvalue weighted by Crippen LogP contribution is -2.43. The summed E-state index contributed by atoms with van der Waals surface area (Å²) in [7, 11) is -1.91. The molecule has 1 aromatic rings. The molecule has 0 saturated carbocycles. The van der Waals surface area contributed by atoms with Crippen LogP contribution in [0.1, 0.15) is 33.3 Å². The van der Waals surface area contributed by atoms with Crippen molar-refractivity contribution in [1.82, 2.24) is 0 Å². The first-order valence-electron chi connectivity index (χ1n) is 7.13. The summed E-state index contributed by atoms with van der Waals surface area (Å²) in [6.45, 7) is 12.3. The van der Waals surface area contributed by atoms with Crippen LogP contribution in [-0.2, 0) is 4.79 Å². The van der Waals surface area contributed by atoms with Gasteiger partial charge < -0.3 is 9.53 Å². The van der Waals surface area contributed by atoms with E-state index >= 15 is 0 Å². The van der Waals surface area contributed by atoms with Gasteiger partial charge in [0, 0.05) is 0 Å². The van der Waals surface area contributed by atoms with E-state index in [0.717, 1.165) is 5.75 Å². The highest BCUT2D eigenvalue weighted by Gasteiger charge is 2.38. The summed E-state index contributed by atoms with van der Waals surface area (Å²) in [5.41, 5.74) is 0.803. The Bertz CT molecular complexity index is 631. The number of carboxylic acids is 1. The maximum Gasteiger partial charge on any atom is 0.332 e. The number of carboxylic acid groups (broad SMARTS) is 1. The van der Waals surface area contributed by atoms with Gasteiger partial charge in [-0.3, -0.25) is 0 Å². The lowest BCUT2D eigenvalue weighted by atomic mass is 10.0. The van der Waals surface area contributed by atoms with Crippen molar-refractivity contribution in [1.29, 1.82) is 5.26 Å². The quantitative estimate of drug-likeness (QED) is 0.506. The van der Waals surface area contributed by atoms with Crippen LogP contribution in [0.2, 0.25) is 18.1 Å². The third-order valence-electron chi connectivity index (χ3n) is 4.13. The molecule has 118 valence electrons. The second-order valence-electron chi connectivity index (χ2n) is 6.80. The second-order valence-corrected chi connectivity index (χ2v) is 11.5. The van der Waals surface area contributed by atoms with Gasteiger partial charge in [-0.15, -0.1) is 0 Å². The molecule has 0 heterocycles. The van der Waals surface area contributed by atoms with Crippen LogP contribution in [0.3, 0.4) is 0 Å². The van der Waals surface area contributed by atoms with Gasteiger partial charge in [-0.05, 0) is 42.8 Å². The Hall–Kier alpha value is -2.06. The van der Waals surface area contributed by atoms with Crippen molar-refractivity contribution in [3.05, 3.63) is 35.4 Å². The summed E-state index contributed by atoms with van der Waals surface area (Å²) in [5, 5.41) is 18.3. The zero-order chi connectivity index (χ0) is 17.1. The average molecular weight is 317 g/mol. The summed E-state index contributed by atoms with van der Waals surface area (Å²) in [5.74, 6) is -0.334. The first-order valence-corrected chi connectivity index (χ1v) is 10.0. The van der Waals surface area contributed by atoms with Gasteiger partial charge in [0.2, 0.25) is 8.32 Å². The molecular weight excluding hydrogens is 294 g/mol. The molecular formula is C17H23NO3Si. The number of rotatable bonds is 4. The van der Waals surface area contributed by atoms with E-state index in [4.69, 9.17) is 14.8 Å². The number of nitriles is 1. The topological polar surface area (TPSA) is 70.3 Å². The van der Waals surface area contributed by atoms with Gasteiger partial charge in [-0.25, -0.2) is 4.79 Å². The minimum absolute atomic E-state index is 0.0422. The Labute approximate surface area is 133 Å². The van der Waals surface area contributed by atoms with Crippen LogP contribution in [0.4, 0.5) is 0 Å². The van der Waals surface area contributed by atoms with Crippen molar-refractivity contribution in [3.63, 3.8) is 0 Å². The van der Waals surface area contributed by atoms with E-state index in [-0.39, 0.29) is 16.2 Å². The predicted octanol–water partition coefficient (Wildman–Crippen LogP) is 4.45. The number of benzene rings is 1. The SMILES string of the molecule is C/C(C(=O)O)=C(\C#N)c1ccc(O[Si](C)(C)C(C)(C)C)cc1. The third kappa shape index (κ3) is 3.98. The van der Waals surface area contributed by atoms with E-state index < -0.39 is 14.3 Å². The molecule has 0 aliphatic rings. The molecule has 1 N–H and O–H groups in total. The number of hydrogen-bond donors (Lipinski definition) is 1. The van der Waals surface area contributed by atoms with Crippen LogP contribution in [-0.4, -0.2) is 19.4 Å². The first kappa shape index (κ1) is 18.0. The molecule has 0 saturated heterocycles. The number of aliphatic carboxylic acids is 1. The van der Waals surface area contributed by atoms with Crippen molar-refractivity contribution >= 4 is 19.9 Å². The van der Waals surface area contributed by atoms with Gasteiger partial charge in [0.1, 0.15) is 11.8 Å². The van der Waals surface area contributed by atoms with E-state index in [1.54, 1.807) is 24.3 Å². The van der Waals surface area contributed by atoms with Crippen LogP contribution < -0.4 is 4.43 Å². The monoisotopic (exact) mass is 317 g/mol. The Morgan fingerprint density at radius 1 is 1.23 bits per heavy atom. The molecule has 0 amide bonds. The fourth-order valence-corrected chi connectivity index (χ4v) is 2.64. The smallest absolute Gasteiger partial charge is 0.332 e. The molecule has 0 bridgehead atoms. The van der Waals surface area contributed by atoms with Gasteiger partial charge in [0.15, 0.2) is 0 Å². The maximum absolute atomic E-state index is 11.0. The van der Waals surface area contributed by atoms with Gasteiger partial charge >= 0.3 is 5.97 Å². The largest absolute Gasteiger partial charge is 0.544 e.